The molecule has 0 unspecified atom stereocenters. The van der Waals surface area contributed by atoms with Gasteiger partial charge in [-0.15, -0.1) is 0 Å². The summed E-state index contributed by atoms with van der Waals surface area (Å²) in [7, 11) is 0. The molecule has 0 spiro atoms. The lowest BCUT2D eigenvalue weighted by atomic mass is 9.89. The molecule has 1 aliphatic carbocycles. The van der Waals surface area contributed by atoms with Crippen LogP contribution in [-0.4, -0.2) is 11.2 Å². The van der Waals surface area contributed by atoms with Crippen molar-refractivity contribution in [2.75, 3.05) is 0 Å². The van der Waals surface area contributed by atoms with Crippen molar-refractivity contribution in [3.63, 3.8) is 0 Å². The van der Waals surface area contributed by atoms with E-state index in [9.17, 15) is 5.11 Å². The van der Waals surface area contributed by atoms with Gasteiger partial charge in [-0.2, -0.15) is 0 Å². The van der Waals surface area contributed by atoms with Gasteiger partial charge in [0.15, 0.2) is 0 Å². The lowest BCUT2D eigenvalue weighted by Crippen LogP contribution is -2.18. The molecule has 1 saturated carbocycles. The maximum Gasteiger partial charge on any atom is 0.0573 e. The van der Waals surface area contributed by atoms with Crippen molar-refractivity contribution in [2.24, 2.45) is 23.7 Å². The molecule has 0 aliphatic heterocycles. The fraction of sp³-hybridized carbons (Fsp3) is 1.00. The maximum absolute atomic E-state index is 9.78. The minimum atomic E-state index is -0.0302. The lowest BCUT2D eigenvalue weighted by Gasteiger charge is -2.18. The van der Waals surface area contributed by atoms with Gasteiger partial charge in [-0.05, 0) is 36.5 Å². The van der Waals surface area contributed by atoms with Crippen LogP contribution in [0.4, 0.5) is 0 Å². The largest absolute Gasteiger partial charge is 0.393 e. The Morgan fingerprint density at radius 3 is 1.83 bits per heavy atom. The highest BCUT2D eigenvalue weighted by atomic mass is 16.3. The molecule has 0 radical (unpaired) electrons. The van der Waals surface area contributed by atoms with E-state index < -0.39 is 0 Å². The molecule has 1 N–H and O–H groups in total. The average molecular weight is 170 g/mol. The van der Waals surface area contributed by atoms with E-state index in [0.717, 1.165) is 18.3 Å². The molecule has 0 heterocycles. The Balaban J connectivity index is 2.50. The number of aliphatic hydroxyl groups excluding tert-OH is 1. The second-order valence-electron chi connectivity index (χ2n) is 4.95. The van der Waals surface area contributed by atoms with E-state index in [4.69, 9.17) is 0 Å². The zero-order chi connectivity index (χ0) is 9.30. The number of rotatable bonds is 2. The molecule has 1 fully saturated rings. The van der Waals surface area contributed by atoms with Crippen LogP contribution < -0.4 is 0 Å². The highest BCUT2D eigenvalue weighted by molar-refractivity contribution is 4.85. The molecule has 0 aromatic heterocycles. The van der Waals surface area contributed by atoms with Gasteiger partial charge >= 0.3 is 0 Å². The van der Waals surface area contributed by atoms with Crippen LogP contribution in [0.5, 0.6) is 0 Å². The topological polar surface area (TPSA) is 20.2 Å². The monoisotopic (exact) mass is 170 g/mol. The summed E-state index contributed by atoms with van der Waals surface area (Å²) < 4.78 is 0. The summed E-state index contributed by atoms with van der Waals surface area (Å²) in [5.41, 5.74) is 0. The van der Waals surface area contributed by atoms with Gasteiger partial charge in [0.2, 0.25) is 0 Å². The molecular weight excluding hydrogens is 148 g/mol. The van der Waals surface area contributed by atoms with E-state index in [1.807, 2.05) is 0 Å². The Hall–Kier alpha value is -0.0400. The fourth-order valence-corrected chi connectivity index (χ4v) is 2.35. The first-order valence-electron chi connectivity index (χ1n) is 5.20. The third-order valence-corrected chi connectivity index (χ3v) is 3.41. The van der Waals surface area contributed by atoms with Crippen molar-refractivity contribution in [3.8, 4) is 0 Å². The van der Waals surface area contributed by atoms with Crippen molar-refractivity contribution in [1.82, 2.24) is 0 Å². The van der Waals surface area contributed by atoms with Crippen LogP contribution in [-0.2, 0) is 0 Å². The fourth-order valence-electron chi connectivity index (χ4n) is 2.35. The Labute approximate surface area is 76.2 Å². The van der Waals surface area contributed by atoms with Gasteiger partial charge in [-0.3, -0.25) is 0 Å². The van der Waals surface area contributed by atoms with E-state index >= 15 is 0 Å². The van der Waals surface area contributed by atoms with Gasteiger partial charge < -0.3 is 5.11 Å². The predicted octanol–water partition coefficient (Wildman–Crippen LogP) is 2.69. The molecule has 1 aliphatic rings. The molecule has 0 bridgehead atoms. The van der Waals surface area contributed by atoms with Gasteiger partial charge in [0.25, 0.3) is 0 Å². The van der Waals surface area contributed by atoms with Gasteiger partial charge in [-0.25, -0.2) is 0 Å². The minimum absolute atomic E-state index is 0.0302. The van der Waals surface area contributed by atoms with Crippen LogP contribution in [0.2, 0.25) is 0 Å². The second-order valence-corrected chi connectivity index (χ2v) is 4.95. The van der Waals surface area contributed by atoms with Crippen molar-refractivity contribution < 1.29 is 5.11 Å². The molecular formula is C11H22O. The van der Waals surface area contributed by atoms with Crippen molar-refractivity contribution >= 4 is 0 Å². The molecule has 72 valence electrons. The third-order valence-electron chi connectivity index (χ3n) is 3.41. The summed E-state index contributed by atoms with van der Waals surface area (Å²) in [6, 6.07) is 0. The summed E-state index contributed by atoms with van der Waals surface area (Å²) in [6.07, 6.45) is 2.23. The summed E-state index contributed by atoms with van der Waals surface area (Å²) in [6.45, 7) is 8.97. The van der Waals surface area contributed by atoms with Gasteiger partial charge in [0.05, 0.1) is 6.10 Å². The summed E-state index contributed by atoms with van der Waals surface area (Å²) in [4.78, 5) is 0. The second kappa shape index (κ2) is 3.78. The molecule has 0 amide bonds. The molecule has 1 heteroatoms. The molecule has 1 rings (SSSR count). The normalized spacial score (nSPS) is 36.8. The first kappa shape index (κ1) is 10.0. The van der Waals surface area contributed by atoms with Crippen molar-refractivity contribution in [2.45, 2.75) is 46.6 Å². The average Bonchev–Trinajstić information content (AvgIpc) is 2.30. The molecule has 1 nitrogen and oxygen atoms in total. The van der Waals surface area contributed by atoms with E-state index in [1.54, 1.807) is 0 Å². The van der Waals surface area contributed by atoms with Crippen LogP contribution in [0.3, 0.4) is 0 Å². The molecule has 12 heavy (non-hydrogen) atoms. The van der Waals surface area contributed by atoms with E-state index in [2.05, 4.69) is 27.7 Å². The Morgan fingerprint density at radius 1 is 1.00 bits per heavy atom. The van der Waals surface area contributed by atoms with Crippen LogP contribution >= 0.6 is 0 Å². The Bertz CT molecular complexity index is 140. The first-order chi connectivity index (χ1) is 5.52. The number of hydrogen-bond acceptors (Lipinski definition) is 1. The van der Waals surface area contributed by atoms with Crippen molar-refractivity contribution in [3.05, 3.63) is 0 Å². The lowest BCUT2D eigenvalue weighted by molar-refractivity contribution is 0.107. The zero-order valence-electron chi connectivity index (χ0n) is 8.75. The van der Waals surface area contributed by atoms with Gasteiger partial charge in [0, 0.05) is 0 Å². The molecule has 3 atom stereocenters. The highest BCUT2D eigenvalue weighted by Crippen LogP contribution is 2.39. The highest BCUT2D eigenvalue weighted by Gasteiger charge is 2.35. The van der Waals surface area contributed by atoms with E-state index in [1.165, 1.54) is 6.42 Å². The smallest absolute Gasteiger partial charge is 0.0573 e. The zero-order valence-corrected chi connectivity index (χ0v) is 8.75. The molecule has 0 saturated heterocycles. The van der Waals surface area contributed by atoms with Gasteiger partial charge in [-0.1, -0.05) is 27.7 Å². The summed E-state index contributed by atoms with van der Waals surface area (Å²) in [5, 5.41) is 9.78. The van der Waals surface area contributed by atoms with Crippen molar-refractivity contribution in [1.29, 1.82) is 0 Å². The van der Waals surface area contributed by atoms with Crippen LogP contribution in [0, 0.1) is 23.7 Å². The predicted molar refractivity (Wildman–Crippen MR) is 51.9 cm³/mol. The quantitative estimate of drug-likeness (QED) is 0.675. The molecule has 0 aromatic rings. The summed E-state index contributed by atoms with van der Waals surface area (Å²) >= 11 is 0. The third kappa shape index (κ3) is 2.01. The Kier molecular flexibility index (Phi) is 3.16. The maximum atomic E-state index is 9.78. The number of hydrogen-bond donors (Lipinski definition) is 1. The standard InChI is InChI=1S/C11H22O/c1-7(2)9-5-10(8(3)4)11(12)6-9/h7-12H,5-6H2,1-4H3/t9-,10-,11-/m1/s1. The van der Waals surface area contributed by atoms with Crippen LogP contribution in [0.15, 0.2) is 0 Å². The Morgan fingerprint density at radius 2 is 1.58 bits per heavy atom. The van der Waals surface area contributed by atoms with Crippen LogP contribution in [0.25, 0.3) is 0 Å². The minimum Gasteiger partial charge on any atom is -0.393 e. The molecule has 0 aromatic carbocycles. The summed E-state index contributed by atoms with van der Waals surface area (Å²) in [5.74, 6) is 2.69. The van der Waals surface area contributed by atoms with E-state index in [-0.39, 0.29) is 6.10 Å². The first-order valence-corrected chi connectivity index (χ1v) is 5.20. The van der Waals surface area contributed by atoms with E-state index in [0.29, 0.717) is 11.8 Å². The number of aliphatic hydroxyl groups is 1. The SMILES string of the molecule is CC(C)[C@H]1C[C@@H](O)[C@@H](C(C)C)C1. The van der Waals surface area contributed by atoms with Gasteiger partial charge in [0.1, 0.15) is 0 Å². The van der Waals surface area contributed by atoms with Crippen LogP contribution in [0.1, 0.15) is 40.5 Å².